The first-order valence-corrected chi connectivity index (χ1v) is 13.5. The molecule has 1 spiro atoms. The summed E-state index contributed by atoms with van der Waals surface area (Å²) in [6, 6.07) is 1.58. The van der Waals surface area contributed by atoms with Gasteiger partial charge in [0.05, 0.1) is 36.5 Å². The number of carbonyl (C=O) groups excluding carboxylic acids is 1. The zero-order valence-electron chi connectivity index (χ0n) is 21.7. The Balaban J connectivity index is 1.33. The van der Waals surface area contributed by atoms with Crippen LogP contribution in [0.25, 0.3) is 0 Å². The van der Waals surface area contributed by atoms with E-state index in [1.165, 1.54) is 7.11 Å². The maximum atomic E-state index is 15.4. The number of aliphatic hydroxyl groups is 1. The molecule has 3 aliphatic heterocycles. The summed E-state index contributed by atoms with van der Waals surface area (Å²) in [5.74, 6) is -0.234. The van der Waals surface area contributed by atoms with E-state index in [1.54, 1.807) is 32.3 Å². The number of pyridine rings is 1. The van der Waals surface area contributed by atoms with Crippen molar-refractivity contribution in [2.75, 3.05) is 49.7 Å². The molecule has 0 amide bonds. The molecule has 0 unspecified atom stereocenters. The second-order valence-corrected chi connectivity index (χ2v) is 12.1. The number of nitrogens with zero attached hydrogens (tertiary/aromatic N) is 5. The number of carbonyl (C=O) groups is 1. The Morgan fingerprint density at radius 3 is 2.59 bits per heavy atom. The number of piperidine rings is 1. The number of ether oxygens (including phenoxy) is 2. The zero-order valence-corrected chi connectivity index (χ0v) is 22.6. The number of aromatic nitrogens is 3. The quantitative estimate of drug-likeness (QED) is 0.557. The van der Waals surface area contributed by atoms with Crippen molar-refractivity contribution in [2.45, 2.75) is 61.7 Å². The molecule has 0 radical (unpaired) electrons. The molecule has 9 nitrogen and oxygen atoms in total. The summed E-state index contributed by atoms with van der Waals surface area (Å²) >= 11 is 1.09. The van der Waals surface area contributed by atoms with Crippen molar-refractivity contribution in [3.8, 4) is 0 Å². The number of hydrogen-bond donors (Lipinski definition) is 1. The first-order valence-electron chi connectivity index (χ1n) is 12.7. The highest BCUT2D eigenvalue weighted by Gasteiger charge is 2.42. The fourth-order valence-electron chi connectivity index (χ4n) is 5.39. The van der Waals surface area contributed by atoms with E-state index in [4.69, 9.17) is 9.47 Å². The van der Waals surface area contributed by atoms with Gasteiger partial charge in [-0.05, 0) is 51.5 Å². The van der Waals surface area contributed by atoms with E-state index in [-0.39, 0.29) is 28.9 Å². The SMILES string of the molecule is COC(=O)c1nc(Sc2ccnc(N3CC(C(C)(C)O)C3)c2F)cnc1N1CCC2(CC1)CO[C@@H](C)C2. The highest BCUT2D eigenvalue weighted by Crippen LogP contribution is 2.43. The van der Waals surface area contributed by atoms with Crippen LogP contribution in [-0.2, 0) is 9.47 Å². The molecule has 0 aromatic carbocycles. The molecule has 5 heterocycles. The molecule has 3 fully saturated rings. The molecule has 0 bridgehead atoms. The summed E-state index contributed by atoms with van der Waals surface area (Å²) in [4.78, 5) is 30.2. The van der Waals surface area contributed by atoms with Crippen molar-refractivity contribution >= 4 is 29.4 Å². The van der Waals surface area contributed by atoms with Gasteiger partial charge in [-0.1, -0.05) is 11.8 Å². The van der Waals surface area contributed by atoms with Crippen molar-refractivity contribution in [3.63, 3.8) is 0 Å². The maximum absolute atomic E-state index is 15.4. The summed E-state index contributed by atoms with van der Waals surface area (Å²) in [6.07, 6.45) is 6.40. The van der Waals surface area contributed by atoms with Gasteiger partial charge < -0.3 is 24.4 Å². The topological polar surface area (TPSA) is 101 Å². The fraction of sp³-hybridized carbons (Fsp3) is 0.615. The third-order valence-electron chi connectivity index (χ3n) is 7.86. The van der Waals surface area contributed by atoms with E-state index in [0.717, 1.165) is 50.7 Å². The van der Waals surface area contributed by atoms with Crippen LogP contribution in [0, 0.1) is 17.2 Å². The molecule has 5 rings (SSSR count). The number of anilines is 2. The molecule has 2 aromatic heterocycles. The van der Waals surface area contributed by atoms with E-state index in [1.807, 2.05) is 4.90 Å². The minimum Gasteiger partial charge on any atom is -0.464 e. The Morgan fingerprint density at radius 1 is 1.24 bits per heavy atom. The lowest BCUT2D eigenvalue weighted by Gasteiger charge is -2.45. The van der Waals surface area contributed by atoms with Gasteiger partial charge in [-0.15, -0.1) is 0 Å². The largest absolute Gasteiger partial charge is 0.464 e. The lowest BCUT2D eigenvalue weighted by Crippen LogP contribution is -2.56. The van der Waals surface area contributed by atoms with E-state index >= 15 is 4.39 Å². The van der Waals surface area contributed by atoms with Crippen LogP contribution in [0.2, 0.25) is 0 Å². The lowest BCUT2D eigenvalue weighted by molar-refractivity contribution is 0.00415. The first-order chi connectivity index (χ1) is 17.6. The third-order valence-corrected chi connectivity index (χ3v) is 8.80. The van der Waals surface area contributed by atoms with Gasteiger partial charge in [0.2, 0.25) is 0 Å². The monoisotopic (exact) mass is 531 g/mol. The number of rotatable bonds is 6. The van der Waals surface area contributed by atoms with E-state index in [9.17, 15) is 9.90 Å². The summed E-state index contributed by atoms with van der Waals surface area (Å²) in [5, 5.41) is 10.6. The summed E-state index contributed by atoms with van der Waals surface area (Å²) < 4.78 is 26.2. The van der Waals surface area contributed by atoms with Crippen molar-refractivity contribution in [1.29, 1.82) is 0 Å². The van der Waals surface area contributed by atoms with Crippen LogP contribution in [0.1, 0.15) is 50.5 Å². The molecule has 3 aliphatic rings. The van der Waals surface area contributed by atoms with Crippen molar-refractivity contribution < 1.29 is 23.8 Å². The smallest absolute Gasteiger partial charge is 0.360 e. The molecular formula is C26H34FN5O4S. The van der Waals surface area contributed by atoms with Gasteiger partial charge in [-0.3, -0.25) is 0 Å². The highest BCUT2D eigenvalue weighted by molar-refractivity contribution is 7.99. The summed E-state index contributed by atoms with van der Waals surface area (Å²) in [5.41, 5.74) is -0.492. The Hall–Kier alpha value is -2.50. The van der Waals surface area contributed by atoms with Crippen molar-refractivity contribution in [2.24, 2.45) is 11.3 Å². The third kappa shape index (κ3) is 5.26. The van der Waals surface area contributed by atoms with E-state index in [0.29, 0.717) is 28.8 Å². The predicted molar refractivity (Wildman–Crippen MR) is 138 cm³/mol. The Kier molecular flexibility index (Phi) is 7.06. The molecule has 1 atom stereocenters. The van der Waals surface area contributed by atoms with Crippen LogP contribution in [-0.4, -0.2) is 77.6 Å². The second kappa shape index (κ2) is 9.99. The summed E-state index contributed by atoms with van der Waals surface area (Å²) in [6.45, 7) is 8.99. The number of hydrogen-bond acceptors (Lipinski definition) is 10. The van der Waals surface area contributed by atoms with Crippen LogP contribution in [0.15, 0.2) is 28.4 Å². The molecular weight excluding hydrogens is 497 g/mol. The van der Waals surface area contributed by atoms with Gasteiger partial charge in [0, 0.05) is 38.3 Å². The molecule has 3 saturated heterocycles. The van der Waals surface area contributed by atoms with Gasteiger partial charge in [0.25, 0.3) is 0 Å². The van der Waals surface area contributed by atoms with Gasteiger partial charge in [-0.2, -0.15) is 0 Å². The van der Waals surface area contributed by atoms with Crippen LogP contribution in [0.5, 0.6) is 0 Å². The number of halogens is 1. The molecule has 0 aliphatic carbocycles. The van der Waals surface area contributed by atoms with Gasteiger partial charge in [-0.25, -0.2) is 24.1 Å². The predicted octanol–water partition coefficient (Wildman–Crippen LogP) is 3.55. The van der Waals surface area contributed by atoms with Crippen LogP contribution in [0.3, 0.4) is 0 Å². The Morgan fingerprint density at radius 2 is 1.97 bits per heavy atom. The molecule has 37 heavy (non-hydrogen) atoms. The average Bonchev–Trinajstić information content (AvgIpc) is 3.19. The van der Waals surface area contributed by atoms with Crippen LogP contribution < -0.4 is 9.80 Å². The van der Waals surface area contributed by atoms with Crippen LogP contribution in [0.4, 0.5) is 16.0 Å². The normalized spacial score (nSPS) is 21.8. The highest BCUT2D eigenvalue weighted by atomic mass is 32.2. The maximum Gasteiger partial charge on any atom is 0.360 e. The average molecular weight is 532 g/mol. The number of methoxy groups -OCH3 is 1. The van der Waals surface area contributed by atoms with Crippen LogP contribution >= 0.6 is 11.8 Å². The van der Waals surface area contributed by atoms with Crippen molar-refractivity contribution in [3.05, 3.63) is 30.0 Å². The van der Waals surface area contributed by atoms with E-state index < -0.39 is 17.4 Å². The van der Waals surface area contributed by atoms with E-state index in [2.05, 4.69) is 26.8 Å². The Labute approximate surface area is 220 Å². The molecule has 200 valence electrons. The molecule has 1 N–H and O–H groups in total. The fourth-order valence-corrected chi connectivity index (χ4v) is 6.17. The second-order valence-electron chi connectivity index (χ2n) is 11.0. The molecule has 0 saturated carbocycles. The summed E-state index contributed by atoms with van der Waals surface area (Å²) in [7, 11) is 1.32. The lowest BCUT2D eigenvalue weighted by atomic mass is 9.77. The standard InChI is InChI=1S/C26H34FN5O4S/c1-16-11-26(15-36-16)6-9-31(10-7-26)23-21(24(33)35-4)30-19(12-29-23)37-18-5-8-28-22(20(18)27)32-13-17(14-32)25(2,3)34/h5,8,12,16-17,34H,6-7,9-11,13-15H2,1-4H3/t16-/m0/s1. The van der Waals surface area contributed by atoms with Gasteiger partial charge in [0.15, 0.2) is 23.1 Å². The van der Waals surface area contributed by atoms with Crippen molar-refractivity contribution in [1.82, 2.24) is 15.0 Å². The van der Waals surface area contributed by atoms with Gasteiger partial charge >= 0.3 is 5.97 Å². The first kappa shape index (κ1) is 26.1. The van der Waals surface area contributed by atoms with Gasteiger partial charge in [0.1, 0.15) is 5.03 Å². The molecule has 11 heteroatoms. The minimum atomic E-state index is -0.820. The number of esters is 1. The molecule has 2 aromatic rings. The minimum absolute atomic E-state index is 0.0558. The Bertz CT molecular complexity index is 1160. The zero-order chi connectivity index (χ0) is 26.4.